The third kappa shape index (κ3) is 5.76. The third-order valence-corrected chi connectivity index (χ3v) is 3.99. The Morgan fingerprint density at radius 3 is 2.54 bits per heavy atom. The summed E-state index contributed by atoms with van der Waals surface area (Å²) >= 11 is 0. The van der Waals surface area contributed by atoms with Gasteiger partial charge in [0.25, 0.3) is 0 Å². The average molecular weight is 333 g/mol. The van der Waals surface area contributed by atoms with Crippen LogP contribution in [-0.2, 0) is 4.79 Å². The monoisotopic (exact) mass is 333 g/mol. The van der Waals surface area contributed by atoms with Crippen molar-refractivity contribution in [1.82, 2.24) is 15.1 Å². The van der Waals surface area contributed by atoms with Crippen LogP contribution in [0.5, 0.6) is 5.75 Å². The maximum absolute atomic E-state index is 12.3. The number of urea groups is 1. The van der Waals surface area contributed by atoms with E-state index in [1.807, 2.05) is 42.2 Å². The maximum Gasteiger partial charge on any atom is 0.317 e. The molecule has 132 valence electrons. The number of carbonyl (C=O) groups excluding carboxylic acids is 2. The van der Waals surface area contributed by atoms with Gasteiger partial charge in [0.1, 0.15) is 5.75 Å². The minimum absolute atomic E-state index is 0.0291. The van der Waals surface area contributed by atoms with Crippen molar-refractivity contribution in [2.45, 2.75) is 26.2 Å². The Morgan fingerprint density at radius 2 is 1.79 bits per heavy atom. The summed E-state index contributed by atoms with van der Waals surface area (Å²) in [7, 11) is 0. The van der Waals surface area contributed by atoms with E-state index in [0.717, 1.165) is 18.6 Å². The molecular formula is C18H27N3O3. The van der Waals surface area contributed by atoms with Gasteiger partial charge in [0.05, 0.1) is 13.0 Å². The molecule has 0 spiro atoms. The Bertz CT molecular complexity index is 522. The molecular weight excluding hydrogens is 306 g/mol. The second-order valence-corrected chi connectivity index (χ2v) is 5.86. The summed E-state index contributed by atoms with van der Waals surface area (Å²) < 4.78 is 5.58. The van der Waals surface area contributed by atoms with Crippen LogP contribution < -0.4 is 10.1 Å². The fourth-order valence-corrected chi connectivity index (χ4v) is 2.64. The molecule has 0 radical (unpaired) electrons. The van der Waals surface area contributed by atoms with E-state index in [9.17, 15) is 9.59 Å². The fourth-order valence-electron chi connectivity index (χ4n) is 2.64. The predicted octanol–water partition coefficient (Wildman–Crippen LogP) is 2.11. The van der Waals surface area contributed by atoms with E-state index in [1.165, 1.54) is 0 Å². The van der Waals surface area contributed by atoms with Gasteiger partial charge < -0.3 is 19.9 Å². The number of nitrogens with one attached hydrogen (secondary N) is 1. The van der Waals surface area contributed by atoms with E-state index < -0.39 is 0 Å². The van der Waals surface area contributed by atoms with Gasteiger partial charge in [-0.2, -0.15) is 0 Å². The van der Waals surface area contributed by atoms with Gasteiger partial charge in [0.15, 0.2) is 0 Å². The number of benzene rings is 1. The largest absolute Gasteiger partial charge is 0.493 e. The summed E-state index contributed by atoms with van der Waals surface area (Å²) in [5.41, 5.74) is 0. The lowest BCUT2D eigenvalue weighted by molar-refractivity contribution is -0.131. The van der Waals surface area contributed by atoms with E-state index in [2.05, 4.69) is 5.32 Å². The summed E-state index contributed by atoms with van der Waals surface area (Å²) in [4.78, 5) is 28.0. The van der Waals surface area contributed by atoms with Gasteiger partial charge in [0.2, 0.25) is 5.91 Å². The second-order valence-electron chi connectivity index (χ2n) is 5.86. The first-order chi connectivity index (χ1) is 11.7. The number of hydrogen-bond donors (Lipinski definition) is 1. The zero-order chi connectivity index (χ0) is 17.2. The molecule has 0 saturated carbocycles. The Hall–Kier alpha value is -2.24. The van der Waals surface area contributed by atoms with Crippen LogP contribution in [0, 0.1) is 0 Å². The molecule has 0 aromatic heterocycles. The number of para-hydroxylation sites is 1. The Kier molecular flexibility index (Phi) is 7.39. The zero-order valence-corrected chi connectivity index (χ0v) is 14.4. The molecule has 0 unspecified atom stereocenters. The van der Waals surface area contributed by atoms with Gasteiger partial charge in [0, 0.05) is 32.7 Å². The van der Waals surface area contributed by atoms with Crippen LogP contribution in [0.2, 0.25) is 0 Å². The molecule has 1 saturated heterocycles. The molecule has 1 aromatic carbocycles. The molecule has 1 fully saturated rings. The fraction of sp³-hybridized carbons (Fsp3) is 0.556. The Balaban J connectivity index is 1.72. The molecule has 3 amide bonds. The summed E-state index contributed by atoms with van der Waals surface area (Å²) in [6.45, 7) is 5.65. The summed E-state index contributed by atoms with van der Waals surface area (Å²) in [6.07, 6.45) is 2.09. The van der Waals surface area contributed by atoms with Crippen molar-refractivity contribution in [3.63, 3.8) is 0 Å². The van der Waals surface area contributed by atoms with Crippen molar-refractivity contribution in [2.75, 3.05) is 39.3 Å². The van der Waals surface area contributed by atoms with Gasteiger partial charge in [-0.05, 0) is 25.0 Å². The standard InChI is InChI=1S/C18H27N3O3/c1-2-10-19-18(23)21-12-6-11-20(13-14-21)17(22)9-15-24-16-7-4-3-5-8-16/h3-5,7-8H,2,6,9-15H2,1H3,(H,19,23). The second kappa shape index (κ2) is 9.80. The highest BCUT2D eigenvalue weighted by Gasteiger charge is 2.21. The smallest absolute Gasteiger partial charge is 0.317 e. The zero-order valence-electron chi connectivity index (χ0n) is 14.4. The van der Waals surface area contributed by atoms with Crippen LogP contribution in [0.3, 0.4) is 0 Å². The Morgan fingerprint density at radius 1 is 1.08 bits per heavy atom. The number of nitrogens with zero attached hydrogens (tertiary/aromatic N) is 2. The highest BCUT2D eigenvalue weighted by atomic mass is 16.5. The van der Waals surface area contributed by atoms with Crippen molar-refractivity contribution >= 4 is 11.9 Å². The topological polar surface area (TPSA) is 61.9 Å². The minimum Gasteiger partial charge on any atom is -0.493 e. The first-order valence-electron chi connectivity index (χ1n) is 8.69. The number of hydrogen-bond acceptors (Lipinski definition) is 3. The molecule has 24 heavy (non-hydrogen) atoms. The molecule has 1 aliphatic rings. The van der Waals surface area contributed by atoms with E-state index >= 15 is 0 Å². The SMILES string of the molecule is CCCNC(=O)N1CCCN(C(=O)CCOc2ccccc2)CC1. The van der Waals surface area contributed by atoms with E-state index in [1.54, 1.807) is 4.90 Å². The summed E-state index contributed by atoms with van der Waals surface area (Å²) in [5.74, 6) is 0.863. The van der Waals surface area contributed by atoms with Crippen molar-refractivity contribution < 1.29 is 14.3 Å². The number of rotatable bonds is 6. The molecule has 0 bridgehead atoms. The molecule has 1 aromatic rings. The van der Waals surface area contributed by atoms with Crippen LogP contribution in [0.4, 0.5) is 4.79 Å². The van der Waals surface area contributed by atoms with Crippen LogP contribution in [0.15, 0.2) is 30.3 Å². The summed E-state index contributed by atoms with van der Waals surface area (Å²) in [6, 6.07) is 9.47. The molecule has 2 rings (SSSR count). The molecule has 1 heterocycles. The van der Waals surface area contributed by atoms with Gasteiger partial charge in [-0.1, -0.05) is 25.1 Å². The van der Waals surface area contributed by atoms with E-state index in [-0.39, 0.29) is 11.9 Å². The molecule has 6 nitrogen and oxygen atoms in total. The highest BCUT2D eigenvalue weighted by Crippen LogP contribution is 2.10. The van der Waals surface area contributed by atoms with Crippen LogP contribution in [0.25, 0.3) is 0 Å². The first kappa shape index (κ1) is 18.1. The maximum atomic E-state index is 12.3. The highest BCUT2D eigenvalue weighted by molar-refractivity contribution is 5.77. The normalized spacial score (nSPS) is 14.9. The van der Waals surface area contributed by atoms with Gasteiger partial charge in [-0.25, -0.2) is 4.79 Å². The summed E-state index contributed by atoms with van der Waals surface area (Å²) in [5, 5.41) is 2.89. The number of carbonyl (C=O) groups is 2. The average Bonchev–Trinajstić information content (AvgIpc) is 2.87. The van der Waals surface area contributed by atoms with Crippen molar-refractivity contribution in [2.24, 2.45) is 0 Å². The lowest BCUT2D eigenvalue weighted by atomic mass is 10.3. The van der Waals surface area contributed by atoms with Gasteiger partial charge >= 0.3 is 6.03 Å². The van der Waals surface area contributed by atoms with Crippen LogP contribution >= 0.6 is 0 Å². The lowest BCUT2D eigenvalue weighted by Crippen LogP contribution is -2.42. The first-order valence-corrected chi connectivity index (χ1v) is 8.69. The lowest BCUT2D eigenvalue weighted by Gasteiger charge is -2.22. The molecule has 0 aliphatic carbocycles. The van der Waals surface area contributed by atoms with E-state index in [4.69, 9.17) is 4.74 Å². The van der Waals surface area contributed by atoms with Gasteiger partial charge in [-0.3, -0.25) is 4.79 Å². The molecule has 1 aliphatic heterocycles. The predicted molar refractivity (Wildman–Crippen MR) is 93.0 cm³/mol. The number of amides is 3. The third-order valence-electron chi connectivity index (χ3n) is 3.99. The van der Waals surface area contributed by atoms with Crippen molar-refractivity contribution in [3.8, 4) is 5.75 Å². The van der Waals surface area contributed by atoms with Crippen LogP contribution in [0.1, 0.15) is 26.2 Å². The quantitative estimate of drug-likeness (QED) is 0.867. The van der Waals surface area contributed by atoms with Gasteiger partial charge in [-0.15, -0.1) is 0 Å². The molecule has 6 heteroatoms. The molecule has 0 atom stereocenters. The van der Waals surface area contributed by atoms with Crippen LogP contribution in [-0.4, -0.2) is 61.1 Å². The van der Waals surface area contributed by atoms with Crippen molar-refractivity contribution in [3.05, 3.63) is 30.3 Å². The van der Waals surface area contributed by atoms with Crippen molar-refractivity contribution in [1.29, 1.82) is 0 Å². The Labute approximate surface area is 143 Å². The minimum atomic E-state index is -0.0291. The number of ether oxygens (including phenoxy) is 1. The van der Waals surface area contributed by atoms with E-state index in [0.29, 0.717) is 45.8 Å². The molecule has 1 N–H and O–H groups in total.